The predicted octanol–water partition coefficient (Wildman–Crippen LogP) is 4.67. The molecule has 28 heavy (non-hydrogen) atoms. The van der Waals surface area contributed by atoms with Gasteiger partial charge in [-0.2, -0.15) is 0 Å². The molecule has 0 bridgehead atoms. The molecule has 0 aliphatic rings. The van der Waals surface area contributed by atoms with Gasteiger partial charge < -0.3 is 0 Å². The largest absolute Gasteiger partial charge is 0.337 e. The minimum absolute atomic E-state index is 0.232. The number of halogens is 2. The van der Waals surface area contributed by atoms with Crippen molar-refractivity contribution in [2.75, 3.05) is 0 Å². The SMILES string of the molecule is Cc1sc2c(c1C)c(=O)n(-c1cccc(Cl)c1)c(=O)n2Cc1ccc(F)cc1. The third kappa shape index (κ3) is 3.08. The summed E-state index contributed by atoms with van der Waals surface area (Å²) in [4.78, 5) is 28.1. The van der Waals surface area contributed by atoms with Crippen LogP contribution in [0.5, 0.6) is 0 Å². The van der Waals surface area contributed by atoms with Crippen molar-refractivity contribution < 1.29 is 4.39 Å². The zero-order valence-corrected chi connectivity index (χ0v) is 16.8. The summed E-state index contributed by atoms with van der Waals surface area (Å²) in [5, 5.41) is 0.955. The zero-order valence-electron chi connectivity index (χ0n) is 15.2. The van der Waals surface area contributed by atoms with Crippen LogP contribution >= 0.6 is 22.9 Å². The molecule has 4 nitrogen and oxygen atoms in total. The van der Waals surface area contributed by atoms with Crippen molar-refractivity contribution in [2.45, 2.75) is 20.4 Å². The van der Waals surface area contributed by atoms with Gasteiger partial charge in [-0.25, -0.2) is 13.8 Å². The summed E-state index contributed by atoms with van der Waals surface area (Å²) in [6, 6.07) is 12.6. The summed E-state index contributed by atoms with van der Waals surface area (Å²) in [7, 11) is 0. The number of hydrogen-bond donors (Lipinski definition) is 0. The van der Waals surface area contributed by atoms with Crippen LogP contribution in [0.1, 0.15) is 16.0 Å². The highest BCUT2D eigenvalue weighted by Crippen LogP contribution is 2.27. The van der Waals surface area contributed by atoms with Crippen LogP contribution in [-0.2, 0) is 6.54 Å². The van der Waals surface area contributed by atoms with Gasteiger partial charge in [-0.05, 0) is 55.3 Å². The molecule has 0 unspecified atom stereocenters. The highest BCUT2D eigenvalue weighted by Gasteiger charge is 2.19. The lowest BCUT2D eigenvalue weighted by molar-refractivity contribution is 0.626. The monoisotopic (exact) mass is 414 g/mol. The molecule has 0 saturated carbocycles. The van der Waals surface area contributed by atoms with Crippen molar-refractivity contribution in [1.82, 2.24) is 9.13 Å². The van der Waals surface area contributed by atoms with E-state index in [0.717, 1.165) is 20.6 Å². The summed E-state index contributed by atoms with van der Waals surface area (Å²) < 4.78 is 16.0. The molecule has 4 aromatic rings. The van der Waals surface area contributed by atoms with Crippen molar-refractivity contribution in [3.63, 3.8) is 0 Å². The van der Waals surface area contributed by atoms with Gasteiger partial charge in [0.05, 0.1) is 17.6 Å². The maximum Gasteiger partial charge on any atom is 0.337 e. The van der Waals surface area contributed by atoms with Crippen molar-refractivity contribution in [1.29, 1.82) is 0 Å². The van der Waals surface area contributed by atoms with Crippen LogP contribution < -0.4 is 11.2 Å². The van der Waals surface area contributed by atoms with Crippen molar-refractivity contribution >= 4 is 33.2 Å². The molecule has 0 atom stereocenters. The summed E-state index contributed by atoms with van der Waals surface area (Å²) in [5.41, 5.74) is 1.23. The lowest BCUT2D eigenvalue weighted by Gasteiger charge is -2.13. The molecule has 0 aliphatic heterocycles. The normalized spacial score (nSPS) is 11.3. The van der Waals surface area contributed by atoms with Gasteiger partial charge in [0.1, 0.15) is 10.6 Å². The smallest absolute Gasteiger partial charge is 0.280 e. The lowest BCUT2D eigenvalue weighted by atomic mass is 10.2. The van der Waals surface area contributed by atoms with E-state index in [2.05, 4.69) is 0 Å². The summed E-state index contributed by atoms with van der Waals surface area (Å²) in [5.74, 6) is -0.340. The Morgan fingerprint density at radius 2 is 1.79 bits per heavy atom. The molecular formula is C21H16ClFN2O2S. The quantitative estimate of drug-likeness (QED) is 0.489. The number of aryl methyl sites for hydroxylation is 2. The highest BCUT2D eigenvalue weighted by atomic mass is 35.5. The molecule has 0 spiro atoms. The summed E-state index contributed by atoms with van der Waals surface area (Å²) >= 11 is 7.49. The second-order valence-corrected chi connectivity index (χ2v) is 8.22. The predicted molar refractivity (Wildman–Crippen MR) is 112 cm³/mol. The van der Waals surface area contributed by atoms with E-state index >= 15 is 0 Å². The molecule has 0 aliphatic carbocycles. The molecule has 2 aromatic carbocycles. The van der Waals surface area contributed by atoms with Crippen LogP contribution in [0.25, 0.3) is 15.9 Å². The topological polar surface area (TPSA) is 44.0 Å². The van der Waals surface area contributed by atoms with E-state index in [1.165, 1.54) is 23.5 Å². The van der Waals surface area contributed by atoms with Crippen molar-refractivity contribution in [3.05, 3.63) is 96.2 Å². The zero-order chi connectivity index (χ0) is 20.0. The van der Waals surface area contributed by atoms with Crippen LogP contribution in [0, 0.1) is 19.7 Å². The maximum atomic E-state index is 13.3. The summed E-state index contributed by atoms with van der Waals surface area (Å²) in [6.07, 6.45) is 0. The third-order valence-corrected chi connectivity index (χ3v) is 6.24. The first-order valence-corrected chi connectivity index (χ1v) is 9.82. The Kier molecular flexibility index (Phi) is 4.69. The van der Waals surface area contributed by atoms with Crippen molar-refractivity contribution in [2.24, 2.45) is 0 Å². The number of aromatic nitrogens is 2. The first-order chi connectivity index (χ1) is 13.4. The number of fused-ring (bicyclic) bond motifs is 1. The van der Waals surface area contributed by atoms with Crippen molar-refractivity contribution in [3.8, 4) is 5.69 Å². The molecule has 2 heterocycles. The van der Waals surface area contributed by atoms with E-state index in [-0.39, 0.29) is 17.9 Å². The number of benzene rings is 2. The molecule has 0 amide bonds. The molecule has 0 N–H and O–H groups in total. The van der Waals surface area contributed by atoms with E-state index in [9.17, 15) is 14.0 Å². The first-order valence-electron chi connectivity index (χ1n) is 8.63. The summed E-state index contributed by atoms with van der Waals surface area (Å²) in [6.45, 7) is 4.04. The van der Waals surface area contributed by atoms with E-state index in [1.54, 1.807) is 41.0 Å². The Balaban J connectivity index is 2.06. The number of rotatable bonds is 3. The molecule has 7 heteroatoms. The van der Waals surface area contributed by atoms with E-state index < -0.39 is 5.69 Å². The number of nitrogens with zero attached hydrogens (tertiary/aromatic N) is 2. The molecule has 4 rings (SSSR count). The number of thiophene rings is 1. The lowest BCUT2D eigenvalue weighted by Crippen LogP contribution is -2.38. The van der Waals surface area contributed by atoms with Gasteiger partial charge in [0.2, 0.25) is 0 Å². The van der Waals surface area contributed by atoms with Gasteiger partial charge in [0, 0.05) is 9.90 Å². The second-order valence-electron chi connectivity index (χ2n) is 6.58. The van der Waals surface area contributed by atoms with E-state index in [4.69, 9.17) is 11.6 Å². The molecular weight excluding hydrogens is 399 g/mol. The van der Waals surface area contributed by atoms with Gasteiger partial charge >= 0.3 is 5.69 Å². The van der Waals surface area contributed by atoms with Crippen LogP contribution in [0.15, 0.2) is 58.1 Å². The number of hydrogen-bond acceptors (Lipinski definition) is 3. The van der Waals surface area contributed by atoms with Crippen LogP contribution in [-0.4, -0.2) is 9.13 Å². The Bertz CT molecular complexity index is 1320. The second kappa shape index (κ2) is 7.04. The van der Waals surface area contributed by atoms with Gasteiger partial charge in [-0.3, -0.25) is 9.36 Å². The highest BCUT2D eigenvalue weighted by molar-refractivity contribution is 7.18. The Labute approximate surface area is 169 Å². The third-order valence-electron chi connectivity index (χ3n) is 4.77. The van der Waals surface area contributed by atoms with Gasteiger partial charge in [0.15, 0.2) is 0 Å². The van der Waals surface area contributed by atoms with Gasteiger partial charge in [0.25, 0.3) is 5.56 Å². The van der Waals surface area contributed by atoms with Crippen LogP contribution in [0.3, 0.4) is 0 Å². The minimum Gasteiger partial charge on any atom is -0.280 e. The van der Waals surface area contributed by atoms with Crippen LogP contribution in [0.2, 0.25) is 5.02 Å². The molecule has 0 fully saturated rings. The Hall–Kier alpha value is -2.70. The maximum absolute atomic E-state index is 13.3. The molecule has 0 radical (unpaired) electrons. The standard InChI is InChI=1S/C21H16ClFN2O2S/c1-12-13(2)28-20-18(12)19(26)25(17-5-3-4-15(22)10-17)21(27)24(20)11-14-6-8-16(23)9-7-14/h3-10H,11H2,1-2H3. The Morgan fingerprint density at radius 1 is 1.07 bits per heavy atom. The molecule has 142 valence electrons. The minimum atomic E-state index is -0.453. The first kappa shape index (κ1) is 18.7. The van der Waals surface area contributed by atoms with Gasteiger partial charge in [-0.1, -0.05) is 29.8 Å². The van der Waals surface area contributed by atoms with E-state index in [1.807, 2.05) is 13.8 Å². The van der Waals surface area contributed by atoms with E-state index in [0.29, 0.717) is 20.9 Å². The average Bonchev–Trinajstić information content (AvgIpc) is 2.95. The molecule has 2 aromatic heterocycles. The molecule has 0 saturated heterocycles. The Morgan fingerprint density at radius 3 is 2.46 bits per heavy atom. The van der Waals surface area contributed by atoms with Crippen LogP contribution in [0.4, 0.5) is 4.39 Å². The fourth-order valence-corrected chi connectivity index (χ4v) is 4.54. The van der Waals surface area contributed by atoms with Gasteiger partial charge in [-0.15, -0.1) is 11.3 Å². The fourth-order valence-electron chi connectivity index (χ4n) is 3.21. The fraction of sp³-hybridized carbons (Fsp3) is 0.143. The average molecular weight is 415 g/mol.